The van der Waals surface area contributed by atoms with Crippen LogP contribution in [-0.2, 0) is 4.79 Å². The Bertz CT molecular complexity index is 591. The first-order valence-electron chi connectivity index (χ1n) is 8.10. The number of nitrogens with one attached hydrogen (secondary N) is 2. The molecule has 0 spiro atoms. The molecule has 2 fully saturated rings. The fraction of sp³-hybridized carbons (Fsp3) is 0.529. The largest absolute Gasteiger partial charge is 0.486 e. The molecule has 124 valence electrons. The fourth-order valence-corrected chi connectivity index (χ4v) is 2.98. The summed E-state index contributed by atoms with van der Waals surface area (Å²) in [6.45, 7) is 5.84. The Labute approximate surface area is 136 Å². The second kappa shape index (κ2) is 6.48. The molecule has 2 N–H and O–H groups in total. The molecule has 0 bridgehead atoms. The molecule has 2 heterocycles. The Balaban J connectivity index is 1.49. The van der Waals surface area contributed by atoms with Crippen molar-refractivity contribution in [2.75, 3.05) is 19.6 Å². The first-order chi connectivity index (χ1) is 11.0. The van der Waals surface area contributed by atoms with E-state index < -0.39 is 6.04 Å². The molecule has 6 nitrogen and oxygen atoms in total. The summed E-state index contributed by atoms with van der Waals surface area (Å²) in [5.74, 6) is 0.817. The molecule has 3 rings (SSSR count). The predicted molar refractivity (Wildman–Crippen MR) is 86.5 cm³/mol. The highest BCUT2D eigenvalue weighted by molar-refractivity contribution is 5.87. The number of carbonyl (C=O) groups is 2. The van der Waals surface area contributed by atoms with Crippen LogP contribution < -0.4 is 15.4 Å². The number of benzene rings is 1. The third-order valence-corrected chi connectivity index (χ3v) is 4.41. The quantitative estimate of drug-likeness (QED) is 0.884. The minimum absolute atomic E-state index is 0.0146. The highest BCUT2D eigenvalue weighted by Crippen LogP contribution is 2.26. The Morgan fingerprint density at radius 1 is 1.30 bits per heavy atom. The summed E-state index contributed by atoms with van der Waals surface area (Å²) in [6, 6.07) is 5.45. The number of likely N-dealkylation sites (tertiary alicyclic amines) is 1. The zero-order valence-electron chi connectivity index (χ0n) is 13.6. The maximum atomic E-state index is 12.2. The SMILES string of the molecule is Cc1cccc(C)c1OC1CN(C(=O)N[C@H]2CCCNC2=O)C1. The number of piperidine rings is 1. The lowest BCUT2D eigenvalue weighted by Gasteiger charge is -2.40. The number of amides is 3. The van der Waals surface area contributed by atoms with Gasteiger partial charge in [0.15, 0.2) is 0 Å². The monoisotopic (exact) mass is 317 g/mol. The van der Waals surface area contributed by atoms with Gasteiger partial charge in [-0.15, -0.1) is 0 Å². The van der Waals surface area contributed by atoms with Gasteiger partial charge in [0.1, 0.15) is 17.9 Å². The number of ether oxygens (including phenoxy) is 1. The van der Waals surface area contributed by atoms with Crippen molar-refractivity contribution in [3.8, 4) is 5.75 Å². The van der Waals surface area contributed by atoms with Crippen LogP contribution in [0.5, 0.6) is 5.75 Å². The number of nitrogens with zero attached hydrogens (tertiary/aromatic N) is 1. The van der Waals surface area contributed by atoms with Crippen LogP contribution in [0, 0.1) is 13.8 Å². The molecule has 2 aliphatic rings. The van der Waals surface area contributed by atoms with Crippen LogP contribution in [-0.4, -0.2) is 48.6 Å². The standard InChI is InChI=1S/C17H23N3O3/c1-11-5-3-6-12(2)15(11)23-13-9-20(10-13)17(22)19-14-7-4-8-18-16(14)21/h3,5-6,13-14H,4,7-10H2,1-2H3,(H,18,21)(H,19,22)/t14-/m0/s1. The molecule has 6 heteroatoms. The van der Waals surface area contributed by atoms with Crippen LogP contribution in [0.2, 0.25) is 0 Å². The van der Waals surface area contributed by atoms with Crippen molar-refractivity contribution in [2.24, 2.45) is 0 Å². The van der Waals surface area contributed by atoms with E-state index in [1.165, 1.54) is 0 Å². The van der Waals surface area contributed by atoms with Gasteiger partial charge in [0.2, 0.25) is 5.91 Å². The second-order valence-corrected chi connectivity index (χ2v) is 6.30. The molecule has 0 aliphatic carbocycles. The Hall–Kier alpha value is -2.24. The summed E-state index contributed by atoms with van der Waals surface area (Å²) >= 11 is 0. The number of para-hydroxylation sites is 1. The molecule has 0 saturated carbocycles. The van der Waals surface area contributed by atoms with Crippen molar-refractivity contribution < 1.29 is 14.3 Å². The molecular formula is C17H23N3O3. The molecule has 0 radical (unpaired) electrons. The normalized spacial score (nSPS) is 21.4. The van der Waals surface area contributed by atoms with Crippen LogP contribution >= 0.6 is 0 Å². The van der Waals surface area contributed by atoms with Gasteiger partial charge in [-0.3, -0.25) is 4.79 Å². The van der Waals surface area contributed by atoms with Crippen molar-refractivity contribution in [2.45, 2.75) is 38.8 Å². The van der Waals surface area contributed by atoms with Gasteiger partial charge in [0.25, 0.3) is 0 Å². The molecule has 2 aliphatic heterocycles. The Morgan fingerprint density at radius 2 is 2.00 bits per heavy atom. The van der Waals surface area contributed by atoms with Gasteiger partial charge in [-0.1, -0.05) is 18.2 Å². The summed E-state index contributed by atoms with van der Waals surface area (Å²) in [4.78, 5) is 25.5. The van der Waals surface area contributed by atoms with Gasteiger partial charge in [-0.05, 0) is 37.8 Å². The maximum absolute atomic E-state index is 12.2. The van der Waals surface area contributed by atoms with E-state index in [2.05, 4.69) is 10.6 Å². The minimum atomic E-state index is -0.408. The van der Waals surface area contributed by atoms with E-state index in [1.807, 2.05) is 32.0 Å². The summed E-state index contributed by atoms with van der Waals surface area (Å²) in [5.41, 5.74) is 2.21. The fourth-order valence-electron chi connectivity index (χ4n) is 2.98. The number of hydrogen-bond donors (Lipinski definition) is 2. The molecule has 23 heavy (non-hydrogen) atoms. The smallest absolute Gasteiger partial charge is 0.318 e. The molecule has 1 aromatic rings. The number of carbonyl (C=O) groups excluding carboxylic acids is 2. The molecule has 1 aromatic carbocycles. The lowest BCUT2D eigenvalue weighted by atomic mass is 10.1. The summed E-state index contributed by atoms with van der Waals surface area (Å²) in [6.07, 6.45) is 1.61. The van der Waals surface area contributed by atoms with E-state index in [0.717, 1.165) is 23.3 Å². The van der Waals surface area contributed by atoms with Crippen LogP contribution in [0.25, 0.3) is 0 Å². The zero-order chi connectivity index (χ0) is 16.4. The average Bonchev–Trinajstić information content (AvgIpc) is 2.47. The molecule has 3 amide bonds. The van der Waals surface area contributed by atoms with Crippen molar-refractivity contribution >= 4 is 11.9 Å². The Morgan fingerprint density at radius 3 is 2.65 bits per heavy atom. The van der Waals surface area contributed by atoms with Crippen LogP contribution in [0.4, 0.5) is 4.79 Å². The summed E-state index contributed by atoms with van der Waals surface area (Å²) in [5, 5.41) is 5.57. The van der Waals surface area contributed by atoms with Crippen LogP contribution in [0.3, 0.4) is 0 Å². The first-order valence-corrected chi connectivity index (χ1v) is 8.10. The minimum Gasteiger partial charge on any atom is -0.486 e. The summed E-state index contributed by atoms with van der Waals surface area (Å²) < 4.78 is 6.00. The Kier molecular flexibility index (Phi) is 4.41. The molecular weight excluding hydrogens is 294 g/mol. The van der Waals surface area contributed by atoms with Gasteiger partial charge < -0.3 is 20.3 Å². The predicted octanol–water partition coefficient (Wildman–Crippen LogP) is 1.35. The highest BCUT2D eigenvalue weighted by Gasteiger charge is 2.35. The molecule has 1 atom stereocenters. The van der Waals surface area contributed by atoms with E-state index in [-0.39, 0.29) is 18.0 Å². The van der Waals surface area contributed by atoms with E-state index in [4.69, 9.17) is 4.74 Å². The van der Waals surface area contributed by atoms with Crippen molar-refractivity contribution in [3.05, 3.63) is 29.3 Å². The average molecular weight is 317 g/mol. The van der Waals surface area contributed by atoms with Gasteiger partial charge in [0.05, 0.1) is 13.1 Å². The van der Waals surface area contributed by atoms with E-state index in [1.54, 1.807) is 4.90 Å². The third-order valence-electron chi connectivity index (χ3n) is 4.41. The molecule has 0 unspecified atom stereocenters. The van der Waals surface area contributed by atoms with Gasteiger partial charge >= 0.3 is 6.03 Å². The summed E-state index contributed by atoms with van der Waals surface area (Å²) in [7, 11) is 0. The lowest BCUT2D eigenvalue weighted by Crippen LogP contribution is -2.62. The van der Waals surface area contributed by atoms with Crippen molar-refractivity contribution in [1.82, 2.24) is 15.5 Å². The van der Waals surface area contributed by atoms with Gasteiger partial charge in [-0.2, -0.15) is 0 Å². The van der Waals surface area contributed by atoms with E-state index in [9.17, 15) is 9.59 Å². The van der Waals surface area contributed by atoms with E-state index >= 15 is 0 Å². The molecule has 2 saturated heterocycles. The first kappa shape index (κ1) is 15.6. The number of urea groups is 1. The zero-order valence-corrected chi connectivity index (χ0v) is 13.6. The third kappa shape index (κ3) is 3.41. The van der Waals surface area contributed by atoms with Gasteiger partial charge in [-0.25, -0.2) is 4.79 Å². The van der Waals surface area contributed by atoms with Crippen molar-refractivity contribution in [1.29, 1.82) is 0 Å². The lowest BCUT2D eigenvalue weighted by molar-refractivity contribution is -0.124. The van der Waals surface area contributed by atoms with Gasteiger partial charge in [0, 0.05) is 6.54 Å². The number of rotatable bonds is 3. The van der Waals surface area contributed by atoms with Crippen LogP contribution in [0.15, 0.2) is 18.2 Å². The number of aryl methyl sites for hydroxylation is 2. The maximum Gasteiger partial charge on any atom is 0.318 e. The van der Waals surface area contributed by atoms with Crippen LogP contribution in [0.1, 0.15) is 24.0 Å². The second-order valence-electron chi connectivity index (χ2n) is 6.30. The highest BCUT2D eigenvalue weighted by atomic mass is 16.5. The van der Waals surface area contributed by atoms with E-state index in [0.29, 0.717) is 26.1 Å². The van der Waals surface area contributed by atoms with Crippen molar-refractivity contribution in [3.63, 3.8) is 0 Å². The molecule has 0 aromatic heterocycles. The number of hydrogen-bond acceptors (Lipinski definition) is 3. The topological polar surface area (TPSA) is 70.7 Å².